The predicted octanol–water partition coefficient (Wildman–Crippen LogP) is 4.33. The SMILES string of the molecule is CCSc1nnc(-c2cccc(S(=O)(=O)N(CC)CC)c2)n1CCc1ccccc1. The number of thioether (sulfide) groups is 1. The van der Waals surface area contributed by atoms with Crippen molar-refractivity contribution in [2.24, 2.45) is 0 Å². The van der Waals surface area contributed by atoms with Gasteiger partial charge >= 0.3 is 0 Å². The lowest BCUT2D eigenvalue weighted by Gasteiger charge is -2.19. The topological polar surface area (TPSA) is 68.1 Å². The van der Waals surface area contributed by atoms with Crippen LogP contribution in [0, 0.1) is 0 Å². The number of hydrogen-bond acceptors (Lipinski definition) is 5. The molecule has 30 heavy (non-hydrogen) atoms. The molecule has 0 aliphatic rings. The molecule has 6 nitrogen and oxygen atoms in total. The van der Waals surface area contributed by atoms with Gasteiger partial charge < -0.3 is 4.57 Å². The molecule has 0 bridgehead atoms. The number of sulfonamides is 1. The summed E-state index contributed by atoms with van der Waals surface area (Å²) < 4.78 is 29.5. The molecule has 0 N–H and O–H groups in total. The van der Waals surface area contributed by atoms with E-state index in [2.05, 4.69) is 33.8 Å². The highest BCUT2D eigenvalue weighted by Crippen LogP contribution is 2.27. The average Bonchev–Trinajstić information content (AvgIpc) is 3.16. The van der Waals surface area contributed by atoms with Crippen LogP contribution in [-0.4, -0.2) is 46.3 Å². The molecule has 0 fully saturated rings. The summed E-state index contributed by atoms with van der Waals surface area (Å²) >= 11 is 1.64. The highest BCUT2D eigenvalue weighted by atomic mass is 32.2. The third kappa shape index (κ3) is 4.94. The Bertz CT molecular complexity index is 1060. The quantitative estimate of drug-likeness (QED) is 0.435. The number of benzene rings is 2. The van der Waals surface area contributed by atoms with Crippen molar-refractivity contribution in [2.75, 3.05) is 18.8 Å². The molecule has 160 valence electrons. The van der Waals surface area contributed by atoms with E-state index in [1.165, 1.54) is 9.87 Å². The first-order valence-corrected chi connectivity index (χ1v) is 12.6. The van der Waals surface area contributed by atoms with Gasteiger partial charge in [0.15, 0.2) is 11.0 Å². The van der Waals surface area contributed by atoms with Gasteiger partial charge in [0.2, 0.25) is 10.0 Å². The first-order valence-electron chi connectivity index (χ1n) is 10.2. The Balaban J connectivity index is 1.97. The van der Waals surface area contributed by atoms with Gasteiger partial charge in [0.1, 0.15) is 0 Å². The fourth-order valence-electron chi connectivity index (χ4n) is 3.33. The largest absolute Gasteiger partial charge is 0.302 e. The summed E-state index contributed by atoms with van der Waals surface area (Å²) in [5.74, 6) is 1.58. The molecule has 8 heteroatoms. The van der Waals surface area contributed by atoms with Crippen LogP contribution in [0.3, 0.4) is 0 Å². The molecule has 0 saturated heterocycles. The lowest BCUT2D eigenvalue weighted by molar-refractivity contribution is 0.445. The summed E-state index contributed by atoms with van der Waals surface area (Å²) in [5, 5.41) is 9.63. The lowest BCUT2D eigenvalue weighted by Crippen LogP contribution is -2.30. The second-order valence-corrected chi connectivity index (χ2v) is 9.91. The molecule has 0 unspecified atom stereocenters. The molecule has 1 heterocycles. The van der Waals surface area contributed by atoms with Gasteiger partial charge in [-0.1, -0.05) is 75.0 Å². The van der Waals surface area contributed by atoms with E-state index in [-0.39, 0.29) is 4.90 Å². The summed E-state index contributed by atoms with van der Waals surface area (Å²) in [6, 6.07) is 17.3. The Morgan fingerprint density at radius 2 is 1.70 bits per heavy atom. The van der Waals surface area contributed by atoms with Crippen LogP contribution in [0.4, 0.5) is 0 Å². The van der Waals surface area contributed by atoms with Crippen LogP contribution >= 0.6 is 11.8 Å². The molecule has 3 aromatic rings. The third-order valence-corrected chi connectivity index (χ3v) is 7.79. The zero-order chi connectivity index (χ0) is 21.6. The van der Waals surface area contributed by atoms with Gasteiger partial charge in [-0.3, -0.25) is 0 Å². The highest BCUT2D eigenvalue weighted by molar-refractivity contribution is 7.99. The van der Waals surface area contributed by atoms with Gasteiger partial charge in [0.05, 0.1) is 4.90 Å². The third-order valence-electron chi connectivity index (χ3n) is 4.89. The number of hydrogen-bond donors (Lipinski definition) is 0. The fraction of sp³-hybridized carbons (Fsp3) is 0.364. The van der Waals surface area contributed by atoms with Gasteiger partial charge in [-0.2, -0.15) is 4.31 Å². The van der Waals surface area contributed by atoms with Crippen LogP contribution in [0.5, 0.6) is 0 Å². The molecule has 2 aromatic carbocycles. The van der Waals surface area contributed by atoms with Crippen LogP contribution in [0.2, 0.25) is 0 Å². The molecular weight excluding hydrogens is 416 g/mol. The summed E-state index contributed by atoms with van der Waals surface area (Å²) in [5.41, 5.74) is 1.99. The van der Waals surface area contributed by atoms with Crippen LogP contribution < -0.4 is 0 Å². The van der Waals surface area contributed by atoms with E-state index < -0.39 is 10.0 Å². The van der Waals surface area contributed by atoms with E-state index in [1.54, 1.807) is 30.0 Å². The van der Waals surface area contributed by atoms with E-state index in [0.29, 0.717) is 18.9 Å². The van der Waals surface area contributed by atoms with Crippen molar-refractivity contribution in [1.29, 1.82) is 0 Å². The maximum atomic E-state index is 13.0. The van der Waals surface area contributed by atoms with Gasteiger partial charge in [-0.25, -0.2) is 8.42 Å². The van der Waals surface area contributed by atoms with Gasteiger partial charge in [-0.15, -0.1) is 10.2 Å². The zero-order valence-corrected chi connectivity index (χ0v) is 19.3. The predicted molar refractivity (Wildman–Crippen MR) is 122 cm³/mol. The standard InChI is InChI=1S/C22H28N4O2S2/c1-4-25(5-2)30(27,28)20-14-10-13-19(17-20)21-23-24-22(29-6-3)26(21)16-15-18-11-8-7-9-12-18/h7-14,17H,4-6,15-16H2,1-3H3. The lowest BCUT2D eigenvalue weighted by atomic mass is 10.1. The summed E-state index contributed by atoms with van der Waals surface area (Å²) in [4.78, 5) is 0.283. The molecule has 0 amide bonds. The molecule has 0 saturated carbocycles. The van der Waals surface area contributed by atoms with Crippen molar-refractivity contribution in [2.45, 2.75) is 43.8 Å². The number of nitrogens with zero attached hydrogens (tertiary/aromatic N) is 4. The Labute approximate surface area is 183 Å². The van der Waals surface area contributed by atoms with E-state index in [4.69, 9.17) is 0 Å². The normalized spacial score (nSPS) is 11.9. The van der Waals surface area contributed by atoms with Crippen molar-refractivity contribution < 1.29 is 8.42 Å². The second-order valence-electron chi connectivity index (χ2n) is 6.74. The molecular formula is C22H28N4O2S2. The maximum absolute atomic E-state index is 13.0. The molecule has 0 radical (unpaired) electrons. The first-order chi connectivity index (χ1) is 14.5. The smallest absolute Gasteiger partial charge is 0.243 e. The minimum Gasteiger partial charge on any atom is -0.302 e. The van der Waals surface area contributed by atoms with E-state index in [1.807, 2.05) is 38.1 Å². The van der Waals surface area contributed by atoms with Crippen molar-refractivity contribution >= 4 is 21.8 Å². The summed E-state index contributed by atoms with van der Waals surface area (Å²) in [6.45, 7) is 7.37. The minimum atomic E-state index is -3.53. The van der Waals surface area contributed by atoms with Crippen LogP contribution in [0.15, 0.2) is 64.6 Å². The second kappa shape index (κ2) is 10.2. The highest BCUT2D eigenvalue weighted by Gasteiger charge is 2.23. The number of rotatable bonds is 10. The first kappa shape index (κ1) is 22.5. The Kier molecular flexibility index (Phi) is 7.69. The Morgan fingerprint density at radius 3 is 2.37 bits per heavy atom. The van der Waals surface area contributed by atoms with Crippen molar-refractivity contribution in [3.8, 4) is 11.4 Å². The summed E-state index contributed by atoms with van der Waals surface area (Å²) in [7, 11) is -3.53. The monoisotopic (exact) mass is 444 g/mol. The molecule has 0 aliphatic heterocycles. The van der Waals surface area contributed by atoms with E-state index in [0.717, 1.165) is 29.4 Å². The Morgan fingerprint density at radius 1 is 0.967 bits per heavy atom. The summed E-state index contributed by atoms with van der Waals surface area (Å²) in [6.07, 6.45) is 0.848. The van der Waals surface area contributed by atoms with Crippen LogP contribution in [0.25, 0.3) is 11.4 Å². The molecule has 0 spiro atoms. The van der Waals surface area contributed by atoms with Crippen molar-refractivity contribution in [1.82, 2.24) is 19.1 Å². The van der Waals surface area contributed by atoms with Gasteiger partial charge in [-0.05, 0) is 29.9 Å². The Hall–Kier alpha value is -2.16. The fourth-order valence-corrected chi connectivity index (χ4v) is 5.53. The molecule has 3 rings (SSSR count). The van der Waals surface area contributed by atoms with Gasteiger partial charge in [0, 0.05) is 25.2 Å². The van der Waals surface area contributed by atoms with E-state index in [9.17, 15) is 8.42 Å². The molecule has 0 aliphatic carbocycles. The van der Waals surface area contributed by atoms with Crippen LogP contribution in [0.1, 0.15) is 26.3 Å². The van der Waals surface area contributed by atoms with Crippen molar-refractivity contribution in [3.05, 3.63) is 60.2 Å². The van der Waals surface area contributed by atoms with Crippen LogP contribution in [-0.2, 0) is 23.0 Å². The molecule has 1 aromatic heterocycles. The van der Waals surface area contributed by atoms with Gasteiger partial charge in [0.25, 0.3) is 0 Å². The number of aryl methyl sites for hydroxylation is 1. The van der Waals surface area contributed by atoms with Crippen molar-refractivity contribution in [3.63, 3.8) is 0 Å². The average molecular weight is 445 g/mol. The maximum Gasteiger partial charge on any atom is 0.243 e. The minimum absolute atomic E-state index is 0.283. The van der Waals surface area contributed by atoms with E-state index >= 15 is 0 Å². The zero-order valence-electron chi connectivity index (χ0n) is 17.7. The number of aromatic nitrogens is 3. The molecule has 0 atom stereocenters.